The molecule has 5 rings (SSSR count). The first-order valence-electron chi connectivity index (χ1n) is 9.92. The van der Waals surface area contributed by atoms with Crippen LogP contribution in [0, 0.1) is 25.2 Å². The lowest BCUT2D eigenvalue weighted by Crippen LogP contribution is -1.94. The van der Waals surface area contributed by atoms with E-state index in [1.54, 1.807) is 0 Å². The van der Waals surface area contributed by atoms with E-state index in [0.29, 0.717) is 5.56 Å². The maximum Gasteiger partial charge on any atom is 0.0991 e. The van der Waals surface area contributed by atoms with Crippen LogP contribution in [0.25, 0.3) is 44.1 Å². The molecule has 142 valence electrons. The lowest BCUT2D eigenvalue weighted by Gasteiger charge is -2.13. The molecule has 2 heterocycles. The second-order valence-corrected chi connectivity index (χ2v) is 7.54. The molecule has 0 radical (unpaired) electrons. The minimum absolute atomic E-state index is 0.657. The van der Waals surface area contributed by atoms with Crippen LogP contribution in [0.3, 0.4) is 0 Å². The number of fused-ring (bicyclic) bond motifs is 3. The maximum absolute atomic E-state index is 9.11. The normalized spacial score (nSPS) is 11.0. The molecule has 0 unspecified atom stereocenters. The molecule has 0 aliphatic heterocycles. The monoisotopic (exact) mass is 385 g/mol. The lowest BCUT2D eigenvalue weighted by atomic mass is 9.95. The minimum atomic E-state index is 0.657. The van der Waals surface area contributed by atoms with Gasteiger partial charge in [-0.05, 0) is 60.4 Å². The van der Waals surface area contributed by atoms with Gasteiger partial charge in [0.15, 0.2) is 0 Å². The topological polar surface area (TPSA) is 49.6 Å². The first kappa shape index (κ1) is 18.0. The van der Waals surface area contributed by atoms with Crippen LogP contribution in [0.4, 0.5) is 0 Å². The van der Waals surface area contributed by atoms with Gasteiger partial charge in [0.1, 0.15) is 0 Å². The van der Waals surface area contributed by atoms with Gasteiger partial charge < -0.3 is 0 Å². The van der Waals surface area contributed by atoms with Gasteiger partial charge in [-0.1, -0.05) is 54.6 Å². The van der Waals surface area contributed by atoms with Crippen LogP contribution in [0.2, 0.25) is 0 Å². The Hall–Kier alpha value is -4.03. The molecule has 0 bridgehead atoms. The molecule has 3 heteroatoms. The number of hydrogen-bond acceptors (Lipinski definition) is 3. The quantitative estimate of drug-likeness (QED) is 0.321. The fourth-order valence-corrected chi connectivity index (χ4v) is 4.05. The maximum atomic E-state index is 9.11. The molecule has 0 aliphatic carbocycles. The molecule has 2 aromatic heterocycles. The summed E-state index contributed by atoms with van der Waals surface area (Å²) < 4.78 is 0. The summed E-state index contributed by atoms with van der Waals surface area (Å²) in [5.41, 5.74) is 8.92. The minimum Gasteiger partial charge on any atom is -0.251 e. The van der Waals surface area contributed by atoms with Crippen LogP contribution in [0.1, 0.15) is 17.0 Å². The van der Waals surface area contributed by atoms with Gasteiger partial charge in [0.2, 0.25) is 0 Å². The van der Waals surface area contributed by atoms with E-state index >= 15 is 0 Å². The number of hydrogen-bond donors (Lipinski definition) is 0. The van der Waals surface area contributed by atoms with Gasteiger partial charge in [-0.2, -0.15) is 5.26 Å². The molecule has 0 aliphatic rings. The predicted octanol–water partition coefficient (Wildman–Crippen LogP) is 6.61. The smallest absolute Gasteiger partial charge is 0.0991 e. The summed E-state index contributed by atoms with van der Waals surface area (Å²) in [4.78, 5) is 9.77. The van der Waals surface area contributed by atoms with Crippen molar-refractivity contribution in [3.63, 3.8) is 0 Å². The van der Waals surface area contributed by atoms with Gasteiger partial charge in [0.25, 0.3) is 0 Å². The molecular formula is C27H19N3. The van der Waals surface area contributed by atoms with Crippen LogP contribution in [-0.2, 0) is 0 Å². The highest BCUT2D eigenvalue weighted by Crippen LogP contribution is 2.36. The van der Waals surface area contributed by atoms with Crippen molar-refractivity contribution in [3.05, 3.63) is 95.8 Å². The summed E-state index contributed by atoms with van der Waals surface area (Å²) in [7, 11) is 0. The zero-order valence-corrected chi connectivity index (χ0v) is 16.8. The van der Waals surface area contributed by atoms with Crippen LogP contribution >= 0.6 is 0 Å². The highest BCUT2D eigenvalue weighted by atomic mass is 14.8. The SMILES string of the molecule is Cc1cc(-c2ccccc2)c2ccc3c(-c4ccc(C#N)cc4)cc(C)nc3c2n1. The number of nitriles is 1. The molecule has 3 aromatic carbocycles. The van der Waals surface area contributed by atoms with E-state index in [4.69, 9.17) is 15.2 Å². The summed E-state index contributed by atoms with van der Waals surface area (Å²) in [5.74, 6) is 0. The van der Waals surface area contributed by atoms with Gasteiger partial charge in [0.05, 0.1) is 22.7 Å². The van der Waals surface area contributed by atoms with Crippen molar-refractivity contribution in [3.8, 4) is 28.3 Å². The molecule has 0 amide bonds. The van der Waals surface area contributed by atoms with E-state index in [2.05, 4.69) is 54.6 Å². The van der Waals surface area contributed by atoms with Gasteiger partial charge in [0, 0.05) is 22.2 Å². The molecule has 0 N–H and O–H groups in total. The molecule has 0 fully saturated rings. The summed E-state index contributed by atoms with van der Waals surface area (Å²) in [6.45, 7) is 4.04. The summed E-state index contributed by atoms with van der Waals surface area (Å²) in [6, 6.07) is 28.8. The Morgan fingerprint density at radius 3 is 1.63 bits per heavy atom. The Kier molecular flexibility index (Phi) is 4.26. The van der Waals surface area contributed by atoms with E-state index in [0.717, 1.165) is 44.3 Å². The average Bonchev–Trinajstić information content (AvgIpc) is 2.78. The molecule has 0 saturated heterocycles. The Labute approximate surface area is 175 Å². The van der Waals surface area contributed by atoms with Crippen molar-refractivity contribution in [1.29, 1.82) is 5.26 Å². The van der Waals surface area contributed by atoms with Crippen LogP contribution in [-0.4, -0.2) is 9.97 Å². The summed E-state index contributed by atoms with van der Waals surface area (Å²) >= 11 is 0. The summed E-state index contributed by atoms with van der Waals surface area (Å²) in [6.07, 6.45) is 0. The standard InChI is InChI=1S/C27H19N3/c1-17-14-24(20-6-4-3-5-7-20)22-12-13-23-25(21-10-8-19(16-28)9-11-21)15-18(2)30-27(23)26(22)29-17/h3-15H,1-2H3. The Bertz CT molecular complexity index is 1440. The first-order valence-corrected chi connectivity index (χ1v) is 9.92. The third-order valence-corrected chi connectivity index (χ3v) is 5.42. The van der Waals surface area contributed by atoms with Gasteiger partial charge in [-0.3, -0.25) is 9.97 Å². The number of aryl methyl sites for hydroxylation is 2. The van der Waals surface area contributed by atoms with Gasteiger partial charge in [-0.15, -0.1) is 0 Å². The molecule has 5 aromatic rings. The third kappa shape index (κ3) is 3.00. The number of pyridine rings is 2. The molecule has 3 nitrogen and oxygen atoms in total. The molecule has 0 spiro atoms. The molecule has 0 saturated carbocycles. The number of benzene rings is 3. The van der Waals surface area contributed by atoms with Crippen LogP contribution < -0.4 is 0 Å². The highest BCUT2D eigenvalue weighted by molar-refractivity contribution is 6.12. The van der Waals surface area contributed by atoms with Crippen LogP contribution in [0.5, 0.6) is 0 Å². The highest BCUT2D eigenvalue weighted by Gasteiger charge is 2.14. The van der Waals surface area contributed by atoms with Crippen molar-refractivity contribution in [2.24, 2.45) is 0 Å². The number of aromatic nitrogens is 2. The van der Waals surface area contributed by atoms with Crippen molar-refractivity contribution >= 4 is 21.8 Å². The van der Waals surface area contributed by atoms with E-state index < -0.39 is 0 Å². The van der Waals surface area contributed by atoms with Crippen LogP contribution in [0.15, 0.2) is 78.9 Å². The van der Waals surface area contributed by atoms with E-state index in [1.165, 1.54) is 11.1 Å². The Balaban J connectivity index is 1.84. The predicted molar refractivity (Wildman–Crippen MR) is 122 cm³/mol. The first-order chi connectivity index (χ1) is 14.6. The molecule has 0 atom stereocenters. The second-order valence-electron chi connectivity index (χ2n) is 7.54. The zero-order chi connectivity index (χ0) is 20.7. The third-order valence-electron chi connectivity index (χ3n) is 5.42. The largest absolute Gasteiger partial charge is 0.251 e. The Morgan fingerprint density at radius 2 is 1.13 bits per heavy atom. The molecule has 30 heavy (non-hydrogen) atoms. The number of rotatable bonds is 2. The van der Waals surface area contributed by atoms with Gasteiger partial charge >= 0.3 is 0 Å². The Morgan fingerprint density at radius 1 is 0.633 bits per heavy atom. The fraction of sp³-hybridized carbons (Fsp3) is 0.0741. The van der Waals surface area contributed by atoms with E-state index in [1.807, 2.05) is 44.2 Å². The van der Waals surface area contributed by atoms with Gasteiger partial charge in [-0.25, -0.2) is 0 Å². The van der Waals surface area contributed by atoms with E-state index in [-0.39, 0.29) is 0 Å². The average molecular weight is 385 g/mol. The van der Waals surface area contributed by atoms with Crippen molar-refractivity contribution in [2.45, 2.75) is 13.8 Å². The second kappa shape index (κ2) is 7.09. The fourth-order valence-electron chi connectivity index (χ4n) is 4.05. The summed E-state index contributed by atoms with van der Waals surface area (Å²) in [5, 5.41) is 11.3. The van der Waals surface area contributed by atoms with Crippen molar-refractivity contribution < 1.29 is 0 Å². The van der Waals surface area contributed by atoms with Crippen molar-refractivity contribution in [1.82, 2.24) is 9.97 Å². The van der Waals surface area contributed by atoms with E-state index in [9.17, 15) is 0 Å². The lowest BCUT2D eigenvalue weighted by molar-refractivity contribution is 1.23. The zero-order valence-electron chi connectivity index (χ0n) is 16.8. The number of nitrogens with zero attached hydrogens (tertiary/aromatic N) is 3. The van der Waals surface area contributed by atoms with Crippen molar-refractivity contribution in [2.75, 3.05) is 0 Å². The molecular weight excluding hydrogens is 366 g/mol.